The van der Waals surface area contributed by atoms with Gasteiger partial charge in [-0.3, -0.25) is 0 Å². The molecule has 1 N–H and O–H groups in total. The van der Waals surface area contributed by atoms with E-state index in [0.717, 1.165) is 6.20 Å². The Morgan fingerprint density at radius 2 is 2.11 bits per heavy atom. The number of carboxylic acid groups (broad SMARTS) is 1. The lowest BCUT2D eigenvalue weighted by molar-refractivity contribution is 0.0566. The van der Waals surface area contributed by atoms with E-state index < -0.39 is 12.5 Å². The first kappa shape index (κ1) is 12.5. The van der Waals surface area contributed by atoms with Crippen LogP contribution in [0.3, 0.4) is 0 Å². The Balaban J connectivity index is 2.39. The molecule has 0 radical (unpaired) electrons. The van der Waals surface area contributed by atoms with E-state index in [0.29, 0.717) is 15.8 Å². The molecule has 0 unspecified atom stereocenters. The van der Waals surface area contributed by atoms with E-state index in [4.69, 9.17) is 16.7 Å². The summed E-state index contributed by atoms with van der Waals surface area (Å²) in [5, 5.41) is 12.3. The van der Waals surface area contributed by atoms with Gasteiger partial charge >= 0.3 is 12.5 Å². The van der Waals surface area contributed by atoms with Crippen LogP contribution in [0.4, 0.5) is 8.78 Å². The van der Waals surface area contributed by atoms with Gasteiger partial charge in [-0.15, -0.1) is 0 Å². The highest BCUT2D eigenvalue weighted by molar-refractivity contribution is 6.33. The van der Waals surface area contributed by atoms with Crippen molar-refractivity contribution in [1.29, 1.82) is 0 Å². The Morgan fingerprint density at radius 3 is 2.61 bits per heavy atom. The summed E-state index contributed by atoms with van der Waals surface area (Å²) in [6.45, 7) is -2.72. The molecule has 2 aromatic rings. The third kappa shape index (κ3) is 2.33. The molecule has 0 amide bonds. The van der Waals surface area contributed by atoms with Crippen LogP contribution in [0.25, 0.3) is 11.1 Å². The summed E-state index contributed by atoms with van der Waals surface area (Å²) in [6.07, 6.45) is 2.43. The highest BCUT2D eigenvalue weighted by atomic mass is 35.5. The third-order valence-electron chi connectivity index (χ3n) is 2.33. The number of rotatable bonds is 3. The summed E-state index contributed by atoms with van der Waals surface area (Å²) in [7, 11) is 0. The van der Waals surface area contributed by atoms with Crippen LogP contribution in [0, 0.1) is 0 Å². The molecule has 0 saturated carbocycles. The molecule has 0 bridgehead atoms. The Bertz CT molecular complexity index is 598. The number of aromatic nitrogens is 2. The number of aromatic carboxylic acids is 1. The summed E-state index contributed by atoms with van der Waals surface area (Å²) in [6, 6.07) is 4.21. The van der Waals surface area contributed by atoms with Crippen LogP contribution in [0.15, 0.2) is 30.6 Å². The second kappa shape index (κ2) is 4.73. The molecule has 0 spiro atoms. The van der Waals surface area contributed by atoms with Gasteiger partial charge in [0.1, 0.15) is 0 Å². The molecule has 2 rings (SSSR count). The van der Waals surface area contributed by atoms with Crippen molar-refractivity contribution in [2.45, 2.75) is 6.55 Å². The summed E-state index contributed by atoms with van der Waals surface area (Å²) < 4.78 is 25.2. The van der Waals surface area contributed by atoms with Crippen molar-refractivity contribution >= 4 is 17.6 Å². The molecular formula is C11H7ClF2N2O2. The smallest absolute Gasteiger partial charge is 0.337 e. The quantitative estimate of drug-likeness (QED) is 0.933. The van der Waals surface area contributed by atoms with Crippen LogP contribution in [-0.2, 0) is 0 Å². The monoisotopic (exact) mass is 272 g/mol. The topological polar surface area (TPSA) is 55.1 Å². The molecule has 0 fully saturated rings. The van der Waals surface area contributed by atoms with E-state index in [1.165, 1.54) is 24.4 Å². The second-order valence-corrected chi connectivity index (χ2v) is 3.89. The Morgan fingerprint density at radius 1 is 1.39 bits per heavy atom. The fraction of sp³-hybridized carbons (Fsp3) is 0.0909. The molecule has 1 aromatic heterocycles. The Labute approximate surface area is 105 Å². The average Bonchev–Trinajstić information content (AvgIpc) is 2.77. The molecule has 0 aliphatic carbocycles. The van der Waals surface area contributed by atoms with Crippen molar-refractivity contribution in [3.8, 4) is 11.1 Å². The molecule has 4 nitrogen and oxygen atoms in total. The van der Waals surface area contributed by atoms with Gasteiger partial charge in [0.2, 0.25) is 0 Å². The lowest BCUT2D eigenvalue weighted by atomic mass is 10.1. The Kier molecular flexibility index (Phi) is 3.29. The SMILES string of the molecule is O=C(O)c1ccc(-c2cnn(C(F)F)c2)cc1Cl. The standard InChI is InChI=1S/C11H7ClF2N2O2/c12-9-3-6(1-2-8(9)10(17)18)7-4-15-16(5-7)11(13)14/h1-5,11H,(H,17,18). The predicted molar refractivity (Wildman–Crippen MR) is 60.9 cm³/mol. The number of hydrogen-bond acceptors (Lipinski definition) is 2. The Hall–Kier alpha value is -1.95. The maximum absolute atomic E-state index is 12.3. The van der Waals surface area contributed by atoms with E-state index >= 15 is 0 Å². The normalized spacial score (nSPS) is 10.9. The van der Waals surface area contributed by atoms with Crippen molar-refractivity contribution < 1.29 is 18.7 Å². The number of carbonyl (C=O) groups is 1. The minimum Gasteiger partial charge on any atom is -0.478 e. The number of hydrogen-bond donors (Lipinski definition) is 1. The van der Waals surface area contributed by atoms with E-state index in [2.05, 4.69) is 5.10 Å². The number of alkyl halides is 2. The number of halogens is 3. The summed E-state index contributed by atoms with van der Waals surface area (Å²) in [4.78, 5) is 10.8. The second-order valence-electron chi connectivity index (χ2n) is 3.49. The van der Waals surface area contributed by atoms with Crippen molar-refractivity contribution in [2.24, 2.45) is 0 Å². The molecule has 18 heavy (non-hydrogen) atoms. The molecule has 94 valence electrons. The van der Waals surface area contributed by atoms with Crippen molar-refractivity contribution in [1.82, 2.24) is 9.78 Å². The lowest BCUT2D eigenvalue weighted by Gasteiger charge is -2.02. The molecule has 1 heterocycles. The number of nitrogens with zero attached hydrogens (tertiary/aromatic N) is 2. The van der Waals surface area contributed by atoms with Gasteiger partial charge in [-0.25, -0.2) is 9.48 Å². The zero-order valence-electron chi connectivity index (χ0n) is 8.85. The predicted octanol–water partition coefficient (Wildman–Crippen LogP) is 3.30. The minimum absolute atomic E-state index is 0.0401. The van der Waals surface area contributed by atoms with Gasteiger partial charge in [-0.2, -0.15) is 13.9 Å². The van der Waals surface area contributed by atoms with Gasteiger partial charge in [0.15, 0.2) is 0 Å². The fourth-order valence-electron chi connectivity index (χ4n) is 1.46. The lowest BCUT2D eigenvalue weighted by Crippen LogP contribution is -1.97. The maximum Gasteiger partial charge on any atom is 0.337 e. The van der Waals surface area contributed by atoms with Gasteiger partial charge in [0.25, 0.3) is 0 Å². The molecule has 0 aliphatic rings. The first-order valence-electron chi connectivity index (χ1n) is 4.84. The molecule has 0 atom stereocenters. The van der Waals surface area contributed by atoms with Crippen molar-refractivity contribution in [3.63, 3.8) is 0 Å². The number of benzene rings is 1. The maximum atomic E-state index is 12.3. The van der Waals surface area contributed by atoms with Gasteiger partial charge in [-0.05, 0) is 17.7 Å². The van der Waals surface area contributed by atoms with Crippen LogP contribution in [0.5, 0.6) is 0 Å². The zero-order chi connectivity index (χ0) is 13.3. The van der Waals surface area contributed by atoms with Gasteiger partial charge in [-0.1, -0.05) is 17.7 Å². The largest absolute Gasteiger partial charge is 0.478 e. The first-order valence-corrected chi connectivity index (χ1v) is 5.22. The van der Waals surface area contributed by atoms with E-state index in [1.807, 2.05) is 0 Å². The summed E-state index contributed by atoms with van der Waals surface area (Å²) in [5.74, 6) is -1.14. The molecule has 7 heteroatoms. The highest BCUT2D eigenvalue weighted by Crippen LogP contribution is 2.26. The van der Waals surface area contributed by atoms with Gasteiger partial charge in [0, 0.05) is 11.8 Å². The zero-order valence-corrected chi connectivity index (χ0v) is 9.60. The van der Waals surface area contributed by atoms with Crippen LogP contribution < -0.4 is 0 Å². The van der Waals surface area contributed by atoms with Crippen LogP contribution >= 0.6 is 11.6 Å². The van der Waals surface area contributed by atoms with Crippen molar-refractivity contribution in [2.75, 3.05) is 0 Å². The van der Waals surface area contributed by atoms with Crippen LogP contribution in [0.2, 0.25) is 5.02 Å². The van der Waals surface area contributed by atoms with Gasteiger partial charge in [0.05, 0.1) is 16.8 Å². The molecule has 0 saturated heterocycles. The van der Waals surface area contributed by atoms with E-state index in [9.17, 15) is 13.6 Å². The van der Waals surface area contributed by atoms with E-state index in [1.54, 1.807) is 0 Å². The minimum atomic E-state index is -2.72. The van der Waals surface area contributed by atoms with E-state index in [-0.39, 0.29) is 10.6 Å². The van der Waals surface area contributed by atoms with Crippen LogP contribution in [-0.4, -0.2) is 20.9 Å². The molecular weight excluding hydrogens is 266 g/mol. The average molecular weight is 273 g/mol. The summed E-state index contributed by atoms with van der Waals surface area (Å²) in [5.41, 5.74) is 0.924. The molecule has 1 aromatic carbocycles. The number of carboxylic acids is 1. The summed E-state index contributed by atoms with van der Waals surface area (Å²) >= 11 is 5.79. The van der Waals surface area contributed by atoms with Gasteiger partial charge < -0.3 is 5.11 Å². The highest BCUT2D eigenvalue weighted by Gasteiger charge is 2.12. The third-order valence-corrected chi connectivity index (χ3v) is 2.65. The first-order chi connectivity index (χ1) is 8.49. The van der Waals surface area contributed by atoms with Crippen molar-refractivity contribution in [3.05, 3.63) is 41.2 Å². The fourth-order valence-corrected chi connectivity index (χ4v) is 1.72. The van der Waals surface area contributed by atoms with Crippen LogP contribution in [0.1, 0.15) is 16.9 Å². The molecule has 0 aliphatic heterocycles.